The molecule has 1 N–H and O–H groups in total. The molecular formula is C14H28N2. The highest BCUT2D eigenvalue weighted by molar-refractivity contribution is 4.93. The van der Waals surface area contributed by atoms with Crippen LogP contribution in [0.25, 0.3) is 0 Å². The van der Waals surface area contributed by atoms with Gasteiger partial charge in [-0.15, -0.1) is 0 Å². The van der Waals surface area contributed by atoms with E-state index < -0.39 is 0 Å². The fourth-order valence-corrected chi connectivity index (χ4v) is 2.90. The van der Waals surface area contributed by atoms with Crippen LogP contribution in [-0.4, -0.2) is 36.6 Å². The minimum absolute atomic E-state index is 0.732. The lowest BCUT2D eigenvalue weighted by Gasteiger charge is -2.40. The van der Waals surface area contributed by atoms with Crippen LogP contribution in [-0.2, 0) is 0 Å². The molecule has 0 aromatic heterocycles. The van der Waals surface area contributed by atoms with Crippen LogP contribution in [0.3, 0.4) is 0 Å². The first-order valence-corrected chi connectivity index (χ1v) is 7.22. The highest BCUT2D eigenvalue weighted by Gasteiger charge is 2.36. The number of hydrogen-bond donors (Lipinski definition) is 1. The van der Waals surface area contributed by atoms with E-state index in [0.29, 0.717) is 0 Å². The van der Waals surface area contributed by atoms with Crippen LogP contribution < -0.4 is 5.32 Å². The normalized spacial score (nSPS) is 32.2. The van der Waals surface area contributed by atoms with Crippen LogP contribution in [0, 0.1) is 11.8 Å². The van der Waals surface area contributed by atoms with E-state index in [1.165, 1.54) is 45.3 Å². The summed E-state index contributed by atoms with van der Waals surface area (Å²) in [5, 5.41) is 3.73. The van der Waals surface area contributed by atoms with E-state index in [4.69, 9.17) is 0 Å². The molecule has 2 unspecified atom stereocenters. The van der Waals surface area contributed by atoms with Crippen molar-refractivity contribution in [3.05, 3.63) is 0 Å². The Hall–Kier alpha value is -0.0800. The van der Waals surface area contributed by atoms with E-state index in [2.05, 4.69) is 31.0 Å². The van der Waals surface area contributed by atoms with E-state index >= 15 is 0 Å². The number of piperazine rings is 1. The van der Waals surface area contributed by atoms with Gasteiger partial charge in [-0.2, -0.15) is 0 Å². The smallest absolute Gasteiger partial charge is 0.0224 e. The predicted molar refractivity (Wildman–Crippen MR) is 69.6 cm³/mol. The van der Waals surface area contributed by atoms with Crippen molar-refractivity contribution in [1.29, 1.82) is 0 Å². The molecule has 1 aliphatic carbocycles. The van der Waals surface area contributed by atoms with Gasteiger partial charge in [-0.25, -0.2) is 0 Å². The van der Waals surface area contributed by atoms with E-state index in [-0.39, 0.29) is 0 Å². The summed E-state index contributed by atoms with van der Waals surface area (Å²) in [5.41, 5.74) is 0. The van der Waals surface area contributed by atoms with Crippen LogP contribution in [0.2, 0.25) is 0 Å². The summed E-state index contributed by atoms with van der Waals surface area (Å²) in [7, 11) is 0. The number of nitrogens with one attached hydrogen (secondary N) is 1. The van der Waals surface area contributed by atoms with Crippen molar-refractivity contribution in [1.82, 2.24) is 10.2 Å². The molecule has 94 valence electrons. The van der Waals surface area contributed by atoms with Gasteiger partial charge in [0.15, 0.2) is 0 Å². The molecule has 1 aliphatic heterocycles. The maximum absolute atomic E-state index is 3.73. The van der Waals surface area contributed by atoms with Gasteiger partial charge in [0.1, 0.15) is 0 Å². The van der Waals surface area contributed by atoms with Gasteiger partial charge >= 0.3 is 0 Å². The molecule has 0 radical (unpaired) electrons. The average molecular weight is 224 g/mol. The lowest BCUT2D eigenvalue weighted by molar-refractivity contribution is 0.110. The fourth-order valence-electron chi connectivity index (χ4n) is 2.90. The second-order valence-electron chi connectivity index (χ2n) is 5.84. The van der Waals surface area contributed by atoms with Crippen molar-refractivity contribution < 1.29 is 0 Å². The Morgan fingerprint density at radius 1 is 1.25 bits per heavy atom. The quantitative estimate of drug-likeness (QED) is 0.772. The zero-order valence-electron chi connectivity index (χ0n) is 11.2. The number of nitrogens with zero attached hydrogens (tertiary/aromatic N) is 1. The fraction of sp³-hybridized carbons (Fsp3) is 1.00. The van der Waals surface area contributed by atoms with E-state index in [1.807, 2.05) is 0 Å². The van der Waals surface area contributed by atoms with Crippen molar-refractivity contribution >= 4 is 0 Å². The SMILES string of the molecule is CCC(CC)CN1CC(C2CC2)NCC1C. The first-order valence-electron chi connectivity index (χ1n) is 7.22. The molecule has 0 bridgehead atoms. The zero-order chi connectivity index (χ0) is 11.5. The highest BCUT2D eigenvalue weighted by atomic mass is 15.2. The van der Waals surface area contributed by atoms with Crippen LogP contribution >= 0.6 is 0 Å². The van der Waals surface area contributed by atoms with Gasteiger partial charge in [0, 0.05) is 31.7 Å². The Kier molecular flexibility index (Phi) is 4.26. The molecule has 2 fully saturated rings. The van der Waals surface area contributed by atoms with Crippen LogP contribution in [0.5, 0.6) is 0 Å². The minimum Gasteiger partial charge on any atom is -0.311 e. The van der Waals surface area contributed by atoms with E-state index in [9.17, 15) is 0 Å². The molecule has 1 saturated heterocycles. The third-order valence-corrected chi connectivity index (χ3v) is 4.57. The second kappa shape index (κ2) is 5.50. The Bertz CT molecular complexity index is 207. The monoisotopic (exact) mass is 224 g/mol. The minimum atomic E-state index is 0.732. The number of hydrogen-bond acceptors (Lipinski definition) is 2. The summed E-state index contributed by atoms with van der Waals surface area (Å²) >= 11 is 0. The van der Waals surface area contributed by atoms with Crippen LogP contribution in [0.15, 0.2) is 0 Å². The van der Waals surface area contributed by atoms with Gasteiger partial charge in [0.2, 0.25) is 0 Å². The molecule has 0 aromatic rings. The molecule has 2 aliphatic rings. The molecular weight excluding hydrogens is 196 g/mol. The third kappa shape index (κ3) is 2.98. The Balaban J connectivity index is 1.84. The highest BCUT2D eigenvalue weighted by Crippen LogP contribution is 2.34. The summed E-state index contributed by atoms with van der Waals surface area (Å²) in [6, 6.07) is 1.53. The summed E-state index contributed by atoms with van der Waals surface area (Å²) in [5.74, 6) is 1.90. The first kappa shape index (κ1) is 12.4. The maximum Gasteiger partial charge on any atom is 0.0224 e. The summed E-state index contributed by atoms with van der Waals surface area (Å²) in [6.07, 6.45) is 5.60. The Morgan fingerprint density at radius 2 is 1.94 bits per heavy atom. The first-order chi connectivity index (χ1) is 7.74. The van der Waals surface area contributed by atoms with Crippen molar-refractivity contribution in [2.24, 2.45) is 11.8 Å². The van der Waals surface area contributed by atoms with E-state index in [1.54, 1.807) is 0 Å². The molecule has 1 saturated carbocycles. The summed E-state index contributed by atoms with van der Waals surface area (Å²) in [6.45, 7) is 10.8. The second-order valence-corrected chi connectivity index (χ2v) is 5.84. The van der Waals surface area contributed by atoms with Crippen molar-refractivity contribution in [2.45, 2.75) is 58.5 Å². The van der Waals surface area contributed by atoms with Crippen LogP contribution in [0.4, 0.5) is 0 Å². The number of rotatable bonds is 5. The Morgan fingerprint density at radius 3 is 2.50 bits per heavy atom. The van der Waals surface area contributed by atoms with Gasteiger partial charge in [-0.1, -0.05) is 26.7 Å². The molecule has 2 rings (SSSR count). The van der Waals surface area contributed by atoms with Gasteiger partial charge in [-0.3, -0.25) is 4.90 Å². The molecule has 2 atom stereocenters. The predicted octanol–water partition coefficient (Wildman–Crippen LogP) is 2.49. The molecule has 2 heteroatoms. The lowest BCUT2D eigenvalue weighted by Crippen LogP contribution is -2.57. The van der Waals surface area contributed by atoms with Crippen LogP contribution in [0.1, 0.15) is 46.5 Å². The molecule has 1 heterocycles. The van der Waals surface area contributed by atoms with Gasteiger partial charge < -0.3 is 5.32 Å². The van der Waals surface area contributed by atoms with Gasteiger partial charge in [0.25, 0.3) is 0 Å². The molecule has 16 heavy (non-hydrogen) atoms. The molecule has 0 aromatic carbocycles. The topological polar surface area (TPSA) is 15.3 Å². The van der Waals surface area contributed by atoms with Crippen molar-refractivity contribution in [3.8, 4) is 0 Å². The standard InChI is InChI=1S/C14H28N2/c1-4-12(5-2)9-16-10-14(13-6-7-13)15-8-11(16)3/h11-15H,4-10H2,1-3H3. The summed E-state index contributed by atoms with van der Waals surface area (Å²) < 4.78 is 0. The van der Waals surface area contributed by atoms with Gasteiger partial charge in [-0.05, 0) is 31.6 Å². The molecule has 0 amide bonds. The average Bonchev–Trinajstić information content (AvgIpc) is 3.12. The molecule has 2 nitrogen and oxygen atoms in total. The van der Waals surface area contributed by atoms with Crippen molar-refractivity contribution in [3.63, 3.8) is 0 Å². The lowest BCUT2D eigenvalue weighted by atomic mass is 9.99. The zero-order valence-corrected chi connectivity index (χ0v) is 11.2. The third-order valence-electron chi connectivity index (χ3n) is 4.57. The van der Waals surface area contributed by atoms with Gasteiger partial charge in [0.05, 0.1) is 0 Å². The molecule has 0 spiro atoms. The Labute approximate surface area is 101 Å². The van der Waals surface area contributed by atoms with E-state index in [0.717, 1.165) is 23.9 Å². The maximum atomic E-state index is 3.73. The summed E-state index contributed by atoms with van der Waals surface area (Å²) in [4.78, 5) is 2.73. The van der Waals surface area contributed by atoms with Crippen molar-refractivity contribution in [2.75, 3.05) is 19.6 Å². The largest absolute Gasteiger partial charge is 0.311 e.